The van der Waals surface area contributed by atoms with E-state index in [-0.39, 0.29) is 0 Å². The van der Waals surface area contributed by atoms with Crippen LogP contribution in [-0.2, 0) is 12.4 Å². The zero-order chi connectivity index (χ0) is 15.1. The fourth-order valence-corrected chi connectivity index (χ4v) is 1.82. The number of pyridine rings is 1. The molecule has 0 unspecified atom stereocenters. The van der Waals surface area contributed by atoms with Crippen molar-refractivity contribution in [3.05, 3.63) is 41.1 Å². The number of alkyl halides is 6. The van der Waals surface area contributed by atoms with Gasteiger partial charge < -0.3 is 0 Å². The molecule has 104 valence electrons. The van der Waals surface area contributed by atoms with Crippen molar-refractivity contribution in [1.82, 2.24) is 4.98 Å². The van der Waals surface area contributed by atoms with E-state index < -0.39 is 40.1 Å². The van der Waals surface area contributed by atoms with Crippen LogP contribution < -0.4 is 0 Å². The molecule has 0 aliphatic heterocycles. The average Bonchev–Trinajstić information content (AvgIpc) is 2.34. The van der Waals surface area contributed by atoms with Gasteiger partial charge in [-0.3, -0.25) is 0 Å². The lowest BCUT2D eigenvalue weighted by atomic mass is 10.0. The van der Waals surface area contributed by atoms with E-state index in [4.69, 9.17) is 5.26 Å². The Labute approximate surface area is 108 Å². The number of para-hydroxylation sites is 1. The molecule has 0 fully saturated rings. The minimum absolute atomic E-state index is 0.467. The predicted octanol–water partition coefficient (Wildman–Crippen LogP) is 4.14. The third-order valence-corrected chi connectivity index (χ3v) is 2.56. The third-order valence-electron chi connectivity index (χ3n) is 2.56. The average molecular weight is 290 g/mol. The Kier molecular flexibility index (Phi) is 3.08. The highest BCUT2D eigenvalue weighted by Crippen LogP contribution is 2.41. The monoisotopic (exact) mass is 290 g/mol. The largest absolute Gasteiger partial charge is 0.434 e. The molecule has 1 aromatic carbocycles. The van der Waals surface area contributed by atoms with E-state index in [0.29, 0.717) is 0 Å². The first-order chi connectivity index (χ1) is 9.16. The van der Waals surface area contributed by atoms with Gasteiger partial charge in [-0.05, 0) is 6.07 Å². The van der Waals surface area contributed by atoms with Gasteiger partial charge in [0.1, 0.15) is 6.07 Å². The van der Waals surface area contributed by atoms with Crippen molar-refractivity contribution in [1.29, 1.82) is 5.26 Å². The molecule has 0 N–H and O–H groups in total. The van der Waals surface area contributed by atoms with Crippen molar-refractivity contribution in [3.8, 4) is 6.07 Å². The molecular weight excluding hydrogens is 286 g/mol. The summed E-state index contributed by atoms with van der Waals surface area (Å²) in [6, 6.07) is 5.47. The maximum Gasteiger partial charge on any atom is 0.434 e. The second-order valence-corrected chi connectivity index (χ2v) is 3.83. The first-order valence-corrected chi connectivity index (χ1v) is 5.13. The molecule has 20 heavy (non-hydrogen) atoms. The summed E-state index contributed by atoms with van der Waals surface area (Å²) in [6.07, 6.45) is -10.2. The number of benzene rings is 1. The maximum absolute atomic E-state index is 13.0. The Hall–Kier alpha value is -2.30. The molecule has 0 aliphatic rings. The second kappa shape index (κ2) is 4.37. The first kappa shape index (κ1) is 14.1. The molecule has 0 aliphatic carbocycles. The zero-order valence-corrected chi connectivity index (χ0v) is 9.47. The fourth-order valence-electron chi connectivity index (χ4n) is 1.82. The van der Waals surface area contributed by atoms with Gasteiger partial charge in [0.05, 0.1) is 16.6 Å². The molecule has 0 spiro atoms. The van der Waals surface area contributed by atoms with Crippen LogP contribution >= 0.6 is 0 Å². The number of fused-ring (bicyclic) bond motifs is 1. The lowest BCUT2D eigenvalue weighted by molar-refractivity contribution is -0.145. The van der Waals surface area contributed by atoms with Crippen molar-refractivity contribution >= 4 is 10.9 Å². The van der Waals surface area contributed by atoms with Crippen LogP contribution in [0.5, 0.6) is 0 Å². The molecule has 0 atom stereocenters. The standard InChI is InChI=1S/C12H4F6N2/c13-11(14,15)9-6-3-1-2-4-8(6)20-10(7(9)5-19)12(16,17)18/h1-4H. The van der Waals surface area contributed by atoms with Crippen molar-refractivity contribution in [3.63, 3.8) is 0 Å². The van der Waals surface area contributed by atoms with E-state index in [0.717, 1.165) is 18.2 Å². The summed E-state index contributed by atoms with van der Waals surface area (Å²) in [5.41, 5.74) is -5.42. The van der Waals surface area contributed by atoms with Gasteiger partial charge in [-0.2, -0.15) is 31.6 Å². The molecule has 2 aromatic rings. The van der Waals surface area contributed by atoms with E-state index in [1.165, 1.54) is 12.1 Å². The first-order valence-electron chi connectivity index (χ1n) is 5.13. The molecule has 2 rings (SSSR count). The molecule has 0 saturated heterocycles. The highest BCUT2D eigenvalue weighted by Gasteiger charge is 2.43. The molecule has 1 heterocycles. The summed E-state index contributed by atoms with van der Waals surface area (Å²) in [6.45, 7) is 0. The zero-order valence-electron chi connectivity index (χ0n) is 9.47. The molecule has 0 saturated carbocycles. The fraction of sp³-hybridized carbons (Fsp3) is 0.167. The number of nitriles is 1. The van der Waals surface area contributed by atoms with Crippen LogP contribution in [0.2, 0.25) is 0 Å². The topological polar surface area (TPSA) is 36.7 Å². The predicted molar refractivity (Wildman–Crippen MR) is 56.5 cm³/mol. The number of nitrogens with zero attached hydrogens (tertiary/aromatic N) is 2. The smallest absolute Gasteiger partial charge is 0.242 e. The minimum atomic E-state index is -5.14. The number of hydrogen-bond donors (Lipinski definition) is 0. The van der Waals surface area contributed by atoms with Gasteiger partial charge >= 0.3 is 12.4 Å². The highest BCUT2D eigenvalue weighted by atomic mass is 19.4. The lowest BCUT2D eigenvalue weighted by Gasteiger charge is -2.16. The van der Waals surface area contributed by atoms with Crippen LogP contribution in [0.4, 0.5) is 26.3 Å². The van der Waals surface area contributed by atoms with Gasteiger partial charge in [-0.25, -0.2) is 4.98 Å². The lowest BCUT2D eigenvalue weighted by Crippen LogP contribution is -2.17. The summed E-state index contributed by atoms with van der Waals surface area (Å²) in [4.78, 5) is 3.14. The normalized spacial score (nSPS) is 12.4. The van der Waals surface area contributed by atoms with Gasteiger partial charge in [0.25, 0.3) is 0 Å². The quantitative estimate of drug-likeness (QED) is 0.683. The Morgan fingerprint density at radius 3 is 2.05 bits per heavy atom. The van der Waals surface area contributed by atoms with Gasteiger partial charge in [0.15, 0.2) is 5.69 Å². The molecule has 2 nitrogen and oxygen atoms in total. The van der Waals surface area contributed by atoms with Crippen LogP contribution in [0.3, 0.4) is 0 Å². The Bertz CT molecular complexity index is 709. The third kappa shape index (κ3) is 2.27. The summed E-state index contributed by atoms with van der Waals surface area (Å²) in [5, 5.41) is 8.16. The molecule has 8 heteroatoms. The van der Waals surface area contributed by atoms with E-state index in [1.807, 2.05) is 0 Å². The Morgan fingerprint density at radius 1 is 0.950 bits per heavy atom. The van der Waals surface area contributed by atoms with Crippen LogP contribution in [0.1, 0.15) is 16.8 Å². The van der Waals surface area contributed by atoms with Gasteiger partial charge in [-0.15, -0.1) is 0 Å². The van der Waals surface area contributed by atoms with Gasteiger partial charge in [0, 0.05) is 5.39 Å². The molecule has 1 aromatic heterocycles. The van der Waals surface area contributed by atoms with Crippen molar-refractivity contribution in [2.24, 2.45) is 0 Å². The van der Waals surface area contributed by atoms with Crippen molar-refractivity contribution < 1.29 is 26.3 Å². The SMILES string of the molecule is N#Cc1c(C(F)(F)F)nc2ccccc2c1C(F)(F)F. The van der Waals surface area contributed by atoms with Crippen molar-refractivity contribution in [2.45, 2.75) is 12.4 Å². The van der Waals surface area contributed by atoms with Gasteiger partial charge in [-0.1, -0.05) is 18.2 Å². The summed E-state index contributed by atoms with van der Waals surface area (Å²) >= 11 is 0. The summed E-state index contributed by atoms with van der Waals surface area (Å²) in [5.74, 6) is 0. The van der Waals surface area contributed by atoms with Crippen LogP contribution in [0.15, 0.2) is 24.3 Å². The number of halogens is 6. The molecular formula is C12H4F6N2. The van der Waals surface area contributed by atoms with Crippen LogP contribution in [0.25, 0.3) is 10.9 Å². The molecule has 0 amide bonds. The van der Waals surface area contributed by atoms with Gasteiger partial charge in [0.2, 0.25) is 0 Å². The molecule has 0 bridgehead atoms. The van der Waals surface area contributed by atoms with Crippen LogP contribution in [0, 0.1) is 11.3 Å². The Morgan fingerprint density at radius 2 is 1.55 bits per heavy atom. The van der Waals surface area contributed by atoms with E-state index in [2.05, 4.69) is 4.98 Å². The maximum atomic E-state index is 13.0. The van der Waals surface area contributed by atoms with E-state index in [9.17, 15) is 26.3 Å². The summed E-state index contributed by atoms with van der Waals surface area (Å²) in [7, 11) is 0. The molecule has 0 radical (unpaired) electrons. The summed E-state index contributed by atoms with van der Waals surface area (Å²) < 4.78 is 77.2. The highest BCUT2D eigenvalue weighted by molar-refractivity contribution is 5.85. The number of aromatic nitrogens is 1. The number of rotatable bonds is 0. The van der Waals surface area contributed by atoms with E-state index in [1.54, 1.807) is 0 Å². The minimum Gasteiger partial charge on any atom is -0.242 e. The van der Waals surface area contributed by atoms with E-state index >= 15 is 0 Å². The second-order valence-electron chi connectivity index (χ2n) is 3.83. The number of hydrogen-bond acceptors (Lipinski definition) is 2. The van der Waals surface area contributed by atoms with Crippen LogP contribution in [-0.4, -0.2) is 4.98 Å². The Balaban J connectivity index is 3.03. The van der Waals surface area contributed by atoms with Crippen molar-refractivity contribution in [2.75, 3.05) is 0 Å².